The molecule has 2 aromatic carbocycles. The molecule has 1 unspecified atom stereocenters. The first-order valence-electron chi connectivity index (χ1n) is 11.0. The van der Waals surface area contributed by atoms with Crippen LogP contribution in [0.5, 0.6) is 0 Å². The minimum atomic E-state index is -0.925. The van der Waals surface area contributed by atoms with Gasteiger partial charge in [-0.1, -0.05) is 74.5 Å². The molecule has 0 bridgehead atoms. The van der Waals surface area contributed by atoms with Crippen molar-refractivity contribution in [3.05, 3.63) is 100 Å². The first kappa shape index (κ1) is 24.0. The van der Waals surface area contributed by atoms with Crippen molar-refractivity contribution in [2.45, 2.75) is 47.0 Å². The van der Waals surface area contributed by atoms with Crippen LogP contribution in [0.25, 0.3) is 5.70 Å². The fourth-order valence-electron chi connectivity index (χ4n) is 4.14. The number of aliphatic carboxylic acids is 1. The fraction of sp³-hybridized carbons (Fsp3) is 0.296. The van der Waals surface area contributed by atoms with E-state index in [9.17, 15) is 9.90 Å². The van der Waals surface area contributed by atoms with Gasteiger partial charge in [0.2, 0.25) is 0 Å². The van der Waals surface area contributed by atoms with E-state index in [0.717, 1.165) is 30.4 Å². The minimum Gasteiger partial charge on any atom is -0.478 e. The van der Waals surface area contributed by atoms with E-state index >= 15 is 0 Å². The molecular formula is C27H34N2O2. The summed E-state index contributed by atoms with van der Waals surface area (Å²) in [6.45, 7) is 7.72. The van der Waals surface area contributed by atoms with Gasteiger partial charge in [0.25, 0.3) is 0 Å². The van der Waals surface area contributed by atoms with Crippen LogP contribution in [0.2, 0.25) is 0 Å². The van der Waals surface area contributed by atoms with Crippen molar-refractivity contribution >= 4 is 11.7 Å². The van der Waals surface area contributed by atoms with E-state index in [2.05, 4.69) is 29.6 Å². The number of hydrogen-bond donors (Lipinski definition) is 3. The van der Waals surface area contributed by atoms with Gasteiger partial charge in [0.05, 0.1) is 11.3 Å². The second-order valence-corrected chi connectivity index (χ2v) is 7.33. The summed E-state index contributed by atoms with van der Waals surface area (Å²) in [4.78, 5) is 12.2. The predicted octanol–water partition coefficient (Wildman–Crippen LogP) is 5.67. The molecule has 2 aromatic rings. The molecule has 0 heterocycles. The number of carboxylic acid groups (broad SMARTS) is 1. The van der Waals surface area contributed by atoms with Gasteiger partial charge in [0.1, 0.15) is 0 Å². The normalized spacial score (nSPS) is 17.0. The Balaban J connectivity index is 0.00000166. The minimum absolute atomic E-state index is 0.180. The molecule has 0 spiro atoms. The highest BCUT2D eigenvalue weighted by atomic mass is 16.4. The van der Waals surface area contributed by atoms with Crippen molar-refractivity contribution in [2.24, 2.45) is 11.7 Å². The maximum absolute atomic E-state index is 12.2. The summed E-state index contributed by atoms with van der Waals surface area (Å²) in [5.74, 6) is -0.744. The number of allylic oxidation sites excluding steroid dienone is 2. The Labute approximate surface area is 186 Å². The third-order valence-corrected chi connectivity index (χ3v) is 5.55. The Bertz CT molecular complexity index is 972. The van der Waals surface area contributed by atoms with Crippen molar-refractivity contribution in [1.82, 2.24) is 5.32 Å². The lowest BCUT2D eigenvalue weighted by Gasteiger charge is -2.28. The molecule has 1 aliphatic rings. The zero-order valence-electron chi connectivity index (χ0n) is 19.0. The number of hydrogen-bond acceptors (Lipinski definition) is 3. The number of benzene rings is 2. The maximum Gasteiger partial charge on any atom is 0.337 e. The smallest absolute Gasteiger partial charge is 0.337 e. The standard InChI is InChI=1S/C25H28N2O2.C2H6/c1-3-22(21-14-13-18-9-7-8-12-20(18)15-21)24(25(28)29)17(2)27-23(16-26)19-10-5-4-6-11-19;1-2/h3-12,16,21,27H,13-15,26H2,1-2H3,(H,28,29);1-2H3/b22-3-,23-16?,24-17-;. The van der Waals surface area contributed by atoms with E-state index in [0.29, 0.717) is 17.0 Å². The lowest BCUT2D eigenvalue weighted by atomic mass is 9.77. The molecule has 4 nitrogen and oxygen atoms in total. The first-order valence-corrected chi connectivity index (χ1v) is 11.0. The van der Waals surface area contributed by atoms with Crippen LogP contribution < -0.4 is 11.1 Å². The number of aryl methyl sites for hydroxylation is 1. The SMILES string of the molecule is C/C=C(\C(C(=O)O)=C(/C)NC(=CN)c1ccccc1)C1CCc2ccccc2C1.CC. The van der Waals surface area contributed by atoms with Gasteiger partial charge in [0, 0.05) is 11.9 Å². The molecule has 0 aliphatic heterocycles. The number of carbonyl (C=O) groups is 1. The third-order valence-electron chi connectivity index (χ3n) is 5.55. The van der Waals surface area contributed by atoms with Gasteiger partial charge in [0.15, 0.2) is 0 Å². The zero-order chi connectivity index (χ0) is 22.8. The average molecular weight is 419 g/mol. The summed E-state index contributed by atoms with van der Waals surface area (Å²) >= 11 is 0. The third kappa shape index (κ3) is 5.88. The summed E-state index contributed by atoms with van der Waals surface area (Å²) in [5.41, 5.74) is 11.9. The molecule has 0 saturated carbocycles. The summed E-state index contributed by atoms with van der Waals surface area (Å²) in [7, 11) is 0. The largest absolute Gasteiger partial charge is 0.478 e. The van der Waals surface area contributed by atoms with Gasteiger partial charge in [-0.05, 0) is 61.3 Å². The van der Waals surface area contributed by atoms with Crippen LogP contribution >= 0.6 is 0 Å². The van der Waals surface area contributed by atoms with Crippen molar-refractivity contribution in [1.29, 1.82) is 0 Å². The van der Waals surface area contributed by atoms with E-state index in [-0.39, 0.29) is 5.92 Å². The van der Waals surface area contributed by atoms with Crippen LogP contribution in [0.4, 0.5) is 0 Å². The van der Waals surface area contributed by atoms with Crippen molar-refractivity contribution in [3.8, 4) is 0 Å². The average Bonchev–Trinajstić information content (AvgIpc) is 2.82. The predicted molar refractivity (Wildman–Crippen MR) is 129 cm³/mol. The van der Waals surface area contributed by atoms with E-state index in [1.54, 1.807) is 6.92 Å². The van der Waals surface area contributed by atoms with E-state index in [1.807, 2.05) is 57.2 Å². The van der Waals surface area contributed by atoms with Gasteiger partial charge >= 0.3 is 5.97 Å². The van der Waals surface area contributed by atoms with E-state index in [4.69, 9.17) is 5.73 Å². The maximum atomic E-state index is 12.2. The molecule has 4 N–H and O–H groups in total. The Kier molecular flexibility index (Phi) is 9.13. The summed E-state index contributed by atoms with van der Waals surface area (Å²) in [6.07, 6.45) is 6.19. The lowest BCUT2D eigenvalue weighted by Crippen LogP contribution is -2.23. The van der Waals surface area contributed by atoms with Gasteiger partial charge in [-0.3, -0.25) is 0 Å². The van der Waals surface area contributed by atoms with Gasteiger partial charge in [-0.2, -0.15) is 0 Å². The fourth-order valence-corrected chi connectivity index (χ4v) is 4.14. The Morgan fingerprint density at radius 1 is 1.06 bits per heavy atom. The number of nitrogens with one attached hydrogen (secondary N) is 1. The molecule has 3 rings (SSSR count). The summed E-state index contributed by atoms with van der Waals surface area (Å²) < 4.78 is 0. The molecule has 0 amide bonds. The molecule has 0 saturated heterocycles. The quantitative estimate of drug-likeness (QED) is 0.417. The lowest BCUT2D eigenvalue weighted by molar-refractivity contribution is -0.132. The molecule has 0 aromatic heterocycles. The van der Waals surface area contributed by atoms with Crippen molar-refractivity contribution in [2.75, 3.05) is 0 Å². The van der Waals surface area contributed by atoms with Gasteiger partial charge in [-0.15, -0.1) is 0 Å². The summed E-state index contributed by atoms with van der Waals surface area (Å²) in [5, 5.41) is 13.3. The number of nitrogens with two attached hydrogens (primary N) is 1. The molecule has 4 heteroatoms. The van der Waals surface area contributed by atoms with E-state index < -0.39 is 5.97 Å². The monoisotopic (exact) mass is 418 g/mol. The Morgan fingerprint density at radius 3 is 2.26 bits per heavy atom. The molecule has 1 atom stereocenters. The van der Waals surface area contributed by atoms with Crippen LogP contribution in [0.1, 0.15) is 50.8 Å². The van der Waals surface area contributed by atoms with Crippen molar-refractivity contribution in [3.63, 3.8) is 0 Å². The second kappa shape index (κ2) is 11.8. The molecule has 0 fully saturated rings. The summed E-state index contributed by atoms with van der Waals surface area (Å²) in [6, 6.07) is 18.1. The second-order valence-electron chi connectivity index (χ2n) is 7.33. The van der Waals surface area contributed by atoms with Crippen LogP contribution in [-0.2, 0) is 17.6 Å². The molecular weight excluding hydrogens is 384 g/mol. The molecule has 164 valence electrons. The topological polar surface area (TPSA) is 75.3 Å². The highest BCUT2D eigenvalue weighted by molar-refractivity contribution is 5.93. The number of fused-ring (bicyclic) bond motifs is 1. The molecule has 1 aliphatic carbocycles. The highest BCUT2D eigenvalue weighted by Crippen LogP contribution is 2.34. The van der Waals surface area contributed by atoms with Gasteiger partial charge < -0.3 is 16.2 Å². The Morgan fingerprint density at radius 2 is 1.68 bits per heavy atom. The first-order chi connectivity index (χ1) is 15.0. The van der Waals surface area contributed by atoms with Crippen molar-refractivity contribution < 1.29 is 9.90 Å². The van der Waals surface area contributed by atoms with E-state index in [1.165, 1.54) is 17.3 Å². The van der Waals surface area contributed by atoms with Gasteiger partial charge in [-0.25, -0.2) is 4.79 Å². The van der Waals surface area contributed by atoms with Crippen LogP contribution in [-0.4, -0.2) is 11.1 Å². The highest BCUT2D eigenvalue weighted by Gasteiger charge is 2.27. The molecule has 31 heavy (non-hydrogen) atoms. The number of rotatable bonds is 6. The molecule has 0 radical (unpaired) electrons. The zero-order valence-corrected chi connectivity index (χ0v) is 19.0. The van der Waals surface area contributed by atoms with Crippen LogP contribution in [0, 0.1) is 5.92 Å². The Hall–Kier alpha value is -3.27. The number of carboxylic acids is 1. The van der Waals surface area contributed by atoms with Crippen LogP contribution in [0.15, 0.2) is 83.7 Å². The van der Waals surface area contributed by atoms with Crippen LogP contribution in [0.3, 0.4) is 0 Å².